The number of nitrogens with zero attached hydrogens (tertiary/aromatic N) is 5. The fourth-order valence-corrected chi connectivity index (χ4v) is 5.75. The molecule has 2 saturated heterocycles. The van der Waals surface area contributed by atoms with Crippen molar-refractivity contribution >= 4 is 23.5 Å². The predicted molar refractivity (Wildman–Crippen MR) is 165 cm³/mol. The maximum absolute atomic E-state index is 14.1. The van der Waals surface area contributed by atoms with E-state index in [-0.39, 0.29) is 43.1 Å². The summed E-state index contributed by atoms with van der Waals surface area (Å²) in [5.74, 6) is -0.257. The Hall–Kier alpha value is -4.57. The molecule has 43 heavy (non-hydrogen) atoms. The second-order valence-electron chi connectivity index (χ2n) is 11.6. The zero-order valence-corrected chi connectivity index (χ0v) is 25.2. The fraction of sp³-hybridized carbons (Fsp3) is 0.364. The highest BCUT2D eigenvalue weighted by Crippen LogP contribution is 2.29. The van der Waals surface area contributed by atoms with Crippen molar-refractivity contribution in [2.24, 2.45) is 0 Å². The van der Waals surface area contributed by atoms with Gasteiger partial charge in [0.05, 0.1) is 13.1 Å². The quantitative estimate of drug-likeness (QED) is 0.421. The molecule has 10 heteroatoms. The molecule has 3 aromatic carbocycles. The van der Waals surface area contributed by atoms with Gasteiger partial charge in [0.25, 0.3) is 0 Å². The third-order valence-corrected chi connectivity index (χ3v) is 8.27. The van der Waals surface area contributed by atoms with Gasteiger partial charge in [-0.2, -0.15) is 0 Å². The Bertz CT molecular complexity index is 1450. The summed E-state index contributed by atoms with van der Waals surface area (Å²) in [6.45, 7) is 5.06. The minimum absolute atomic E-state index is 0.0296. The summed E-state index contributed by atoms with van der Waals surface area (Å²) < 4.78 is 0. The summed E-state index contributed by atoms with van der Waals surface area (Å²) in [5, 5.41) is 16.0. The molecule has 0 bridgehead atoms. The summed E-state index contributed by atoms with van der Waals surface area (Å²) in [5.41, 5.74) is 3.78. The minimum atomic E-state index is -0.810. The zero-order valence-electron chi connectivity index (χ0n) is 25.2. The van der Waals surface area contributed by atoms with E-state index in [2.05, 4.69) is 30.1 Å². The Balaban J connectivity index is 1.46. The Morgan fingerprint density at radius 2 is 1.67 bits per heavy atom. The number of benzene rings is 3. The lowest BCUT2D eigenvalue weighted by Crippen LogP contribution is -2.76. The number of rotatable bonds is 8. The Morgan fingerprint density at radius 3 is 2.37 bits per heavy atom. The molecule has 10 nitrogen and oxygen atoms in total. The summed E-state index contributed by atoms with van der Waals surface area (Å²) in [4.78, 5) is 46.9. The van der Waals surface area contributed by atoms with Crippen molar-refractivity contribution in [2.75, 3.05) is 32.1 Å². The number of hydrazine groups is 1. The van der Waals surface area contributed by atoms with Gasteiger partial charge in [-0.05, 0) is 54.8 Å². The van der Waals surface area contributed by atoms with Crippen LogP contribution in [0.5, 0.6) is 5.75 Å². The highest BCUT2D eigenvalue weighted by Gasteiger charge is 2.50. The molecule has 0 saturated carbocycles. The van der Waals surface area contributed by atoms with Crippen LogP contribution in [0.3, 0.4) is 0 Å². The Morgan fingerprint density at radius 1 is 0.977 bits per heavy atom. The van der Waals surface area contributed by atoms with E-state index in [4.69, 9.17) is 0 Å². The average molecular weight is 585 g/mol. The van der Waals surface area contributed by atoms with Gasteiger partial charge in [0, 0.05) is 45.3 Å². The maximum Gasteiger partial charge on any atom is 0.334 e. The van der Waals surface area contributed by atoms with Crippen LogP contribution in [0.2, 0.25) is 0 Å². The van der Waals surface area contributed by atoms with Gasteiger partial charge in [-0.3, -0.25) is 9.59 Å². The van der Waals surface area contributed by atoms with E-state index in [0.717, 1.165) is 22.4 Å². The van der Waals surface area contributed by atoms with Gasteiger partial charge in [-0.1, -0.05) is 54.6 Å². The highest BCUT2D eigenvalue weighted by molar-refractivity contribution is 5.91. The Kier molecular flexibility index (Phi) is 8.86. The van der Waals surface area contributed by atoms with Gasteiger partial charge in [0.15, 0.2) is 0 Å². The number of hydrogen-bond donors (Lipinski definition) is 2. The van der Waals surface area contributed by atoms with Crippen LogP contribution in [0.25, 0.3) is 0 Å². The molecular formula is C33H40N6O4. The topological polar surface area (TPSA) is 99.7 Å². The number of carbonyl (C=O) groups is 3. The molecule has 0 radical (unpaired) electrons. The van der Waals surface area contributed by atoms with Crippen molar-refractivity contribution in [2.45, 2.75) is 51.6 Å². The molecule has 3 aromatic rings. The third kappa shape index (κ3) is 6.59. The molecule has 2 N–H and O–H groups in total. The van der Waals surface area contributed by atoms with E-state index in [0.29, 0.717) is 19.1 Å². The monoisotopic (exact) mass is 584 g/mol. The first-order valence-corrected chi connectivity index (χ1v) is 14.6. The zero-order chi connectivity index (χ0) is 30.7. The molecule has 0 unspecified atom stereocenters. The first-order chi connectivity index (χ1) is 20.6. The van der Waals surface area contributed by atoms with Crippen LogP contribution in [0.15, 0.2) is 78.9 Å². The molecule has 2 atom stereocenters. The van der Waals surface area contributed by atoms with Crippen molar-refractivity contribution in [3.8, 4) is 5.75 Å². The van der Waals surface area contributed by atoms with Crippen molar-refractivity contribution in [3.05, 3.63) is 95.6 Å². The minimum Gasteiger partial charge on any atom is -0.508 e. The standard InChI is InChI=1S/C33H40N6O4/c1-23(2)36(4)27-12-8-11-26(17-27)20-37-21-30-38(29(32(37)42)18-24-13-15-28(40)16-14-24)31(41)22-35(3)39(30)33(43)34-19-25-9-6-5-7-10-25/h5-17,23,29-30,40H,18-22H2,1-4H3,(H,34,43)/t29-,30-/m0/s1. The van der Waals surface area contributed by atoms with E-state index in [1.54, 1.807) is 51.1 Å². The number of amides is 4. The summed E-state index contributed by atoms with van der Waals surface area (Å²) in [6, 6.07) is 23.6. The molecule has 0 aromatic heterocycles. The van der Waals surface area contributed by atoms with Gasteiger partial charge in [0.1, 0.15) is 18.0 Å². The number of aromatic hydroxyl groups is 1. The second kappa shape index (κ2) is 12.7. The third-order valence-electron chi connectivity index (χ3n) is 8.27. The lowest BCUT2D eigenvalue weighted by Gasteiger charge is -2.54. The molecule has 0 spiro atoms. The molecule has 5 rings (SSSR count). The van der Waals surface area contributed by atoms with Gasteiger partial charge in [-0.25, -0.2) is 14.8 Å². The van der Waals surface area contributed by atoms with Crippen LogP contribution in [0.1, 0.15) is 30.5 Å². The number of nitrogens with one attached hydrogen (secondary N) is 1. The number of anilines is 1. The Labute approximate surface area is 253 Å². The second-order valence-corrected chi connectivity index (χ2v) is 11.6. The van der Waals surface area contributed by atoms with E-state index >= 15 is 0 Å². The van der Waals surface area contributed by atoms with Crippen LogP contribution in [-0.4, -0.2) is 88.2 Å². The SMILES string of the molecule is CC(C)N(C)c1cccc(CN2C[C@H]3N(C(=O)CN(C)N3C(=O)NCc3ccccc3)[C@@H](Cc3ccc(O)cc3)C2=O)c1. The van der Waals surface area contributed by atoms with Crippen molar-refractivity contribution in [1.82, 2.24) is 25.1 Å². The molecular weight excluding hydrogens is 544 g/mol. The molecule has 0 aliphatic carbocycles. The van der Waals surface area contributed by atoms with Crippen LogP contribution in [0, 0.1) is 0 Å². The van der Waals surface area contributed by atoms with Crippen molar-refractivity contribution < 1.29 is 19.5 Å². The average Bonchev–Trinajstić information content (AvgIpc) is 2.99. The number of hydrogen-bond acceptors (Lipinski definition) is 6. The molecule has 2 aliphatic heterocycles. The first kappa shape index (κ1) is 29.9. The number of phenols is 1. The summed E-state index contributed by atoms with van der Waals surface area (Å²) in [6.07, 6.45) is -0.430. The fourth-order valence-electron chi connectivity index (χ4n) is 5.75. The van der Waals surface area contributed by atoms with Crippen LogP contribution < -0.4 is 10.2 Å². The van der Waals surface area contributed by atoms with Crippen molar-refractivity contribution in [3.63, 3.8) is 0 Å². The van der Waals surface area contributed by atoms with Gasteiger partial charge in [-0.15, -0.1) is 0 Å². The number of likely N-dealkylation sites (N-methyl/N-ethyl adjacent to an activating group) is 1. The van der Waals surface area contributed by atoms with Crippen LogP contribution in [-0.2, 0) is 29.1 Å². The molecule has 2 fully saturated rings. The normalized spacial score (nSPS) is 19.0. The predicted octanol–water partition coefficient (Wildman–Crippen LogP) is 3.42. The summed E-state index contributed by atoms with van der Waals surface area (Å²) in [7, 11) is 3.76. The van der Waals surface area contributed by atoms with Crippen LogP contribution in [0.4, 0.5) is 10.5 Å². The molecule has 4 amide bonds. The van der Waals surface area contributed by atoms with Gasteiger partial charge < -0.3 is 25.1 Å². The highest BCUT2D eigenvalue weighted by atomic mass is 16.3. The number of phenolic OH excluding ortho intramolecular Hbond substituents is 1. The first-order valence-electron chi connectivity index (χ1n) is 14.6. The van der Waals surface area contributed by atoms with Gasteiger partial charge in [0.2, 0.25) is 11.8 Å². The molecule has 2 aliphatic rings. The number of carbonyl (C=O) groups excluding carboxylic acids is 3. The van der Waals surface area contributed by atoms with E-state index in [9.17, 15) is 19.5 Å². The number of fused-ring (bicyclic) bond motifs is 1. The van der Waals surface area contributed by atoms with Gasteiger partial charge >= 0.3 is 6.03 Å². The van der Waals surface area contributed by atoms with E-state index < -0.39 is 12.2 Å². The number of piperazine rings is 1. The van der Waals surface area contributed by atoms with Crippen molar-refractivity contribution in [1.29, 1.82) is 0 Å². The lowest BCUT2D eigenvalue weighted by molar-refractivity contribution is -0.187. The van der Waals surface area contributed by atoms with E-state index in [1.807, 2.05) is 55.6 Å². The van der Waals surface area contributed by atoms with E-state index in [1.165, 1.54) is 0 Å². The lowest BCUT2D eigenvalue weighted by atomic mass is 9.98. The maximum atomic E-state index is 14.1. The van der Waals surface area contributed by atoms with Crippen LogP contribution >= 0.6 is 0 Å². The smallest absolute Gasteiger partial charge is 0.334 e. The molecule has 226 valence electrons. The molecule has 2 heterocycles. The largest absolute Gasteiger partial charge is 0.508 e. The summed E-state index contributed by atoms with van der Waals surface area (Å²) >= 11 is 0. The number of urea groups is 1.